The zero-order valence-corrected chi connectivity index (χ0v) is 15.6. The fourth-order valence-electron chi connectivity index (χ4n) is 2.35. The smallest absolute Gasteiger partial charge is 0.337 e. The highest BCUT2D eigenvalue weighted by molar-refractivity contribution is 7.89. The van der Waals surface area contributed by atoms with Crippen LogP contribution >= 0.6 is 0 Å². The number of hydrogen-bond acceptors (Lipinski definition) is 5. The van der Waals surface area contributed by atoms with Gasteiger partial charge in [-0.3, -0.25) is 4.79 Å². The normalized spacial score (nSPS) is 11.1. The molecule has 0 unspecified atom stereocenters. The second-order valence-electron chi connectivity index (χ2n) is 5.56. The molecule has 0 aliphatic carbocycles. The number of rotatable bonds is 7. The van der Waals surface area contributed by atoms with Crippen molar-refractivity contribution in [3.8, 4) is 0 Å². The Morgan fingerprint density at radius 2 is 1.67 bits per heavy atom. The third kappa shape index (κ3) is 5.35. The SMILES string of the molecule is COC(=O)c1ccc(N(CCNS(=O)(=O)c2ccc(F)cc2)C(C)=O)cc1. The number of esters is 1. The summed E-state index contributed by atoms with van der Waals surface area (Å²) in [6.07, 6.45) is 0. The van der Waals surface area contributed by atoms with Gasteiger partial charge in [0.05, 0.1) is 17.6 Å². The second-order valence-corrected chi connectivity index (χ2v) is 7.33. The molecule has 0 heterocycles. The Morgan fingerprint density at radius 1 is 1.07 bits per heavy atom. The Bertz CT molecular complexity index is 912. The molecule has 2 aromatic carbocycles. The molecule has 0 aliphatic rings. The van der Waals surface area contributed by atoms with E-state index in [-0.39, 0.29) is 23.9 Å². The van der Waals surface area contributed by atoms with Crippen molar-refractivity contribution in [1.82, 2.24) is 4.72 Å². The van der Waals surface area contributed by atoms with Gasteiger partial charge in [-0.1, -0.05) is 0 Å². The number of benzene rings is 2. The first-order chi connectivity index (χ1) is 12.7. The van der Waals surface area contributed by atoms with Crippen LogP contribution in [0.1, 0.15) is 17.3 Å². The van der Waals surface area contributed by atoms with E-state index in [1.807, 2.05) is 0 Å². The Balaban J connectivity index is 2.05. The first-order valence-electron chi connectivity index (χ1n) is 7.96. The van der Waals surface area contributed by atoms with Crippen LogP contribution in [0.3, 0.4) is 0 Å². The summed E-state index contributed by atoms with van der Waals surface area (Å²) in [6.45, 7) is 1.38. The fraction of sp³-hybridized carbons (Fsp3) is 0.222. The number of ether oxygens (including phenoxy) is 1. The zero-order valence-electron chi connectivity index (χ0n) is 14.8. The molecule has 7 nitrogen and oxygen atoms in total. The van der Waals surface area contributed by atoms with Gasteiger partial charge in [0.15, 0.2) is 0 Å². The minimum atomic E-state index is -3.82. The first kappa shape index (κ1) is 20.5. The Labute approximate surface area is 156 Å². The lowest BCUT2D eigenvalue weighted by molar-refractivity contribution is -0.116. The predicted octanol–water partition coefficient (Wildman–Crippen LogP) is 1.94. The van der Waals surface area contributed by atoms with E-state index in [1.54, 1.807) is 12.1 Å². The number of halogens is 1. The van der Waals surface area contributed by atoms with Gasteiger partial charge < -0.3 is 9.64 Å². The van der Waals surface area contributed by atoms with E-state index < -0.39 is 21.8 Å². The van der Waals surface area contributed by atoms with E-state index >= 15 is 0 Å². The third-order valence-corrected chi connectivity index (χ3v) is 5.21. The molecular formula is C18H19FN2O5S. The number of amides is 1. The number of nitrogens with zero attached hydrogens (tertiary/aromatic N) is 1. The molecule has 0 aliphatic heterocycles. The van der Waals surface area contributed by atoms with Crippen LogP contribution in [-0.2, 0) is 19.6 Å². The average molecular weight is 394 g/mol. The molecule has 2 rings (SSSR count). The van der Waals surface area contributed by atoms with Gasteiger partial charge in [0.2, 0.25) is 15.9 Å². The van der Waals surface area contributed by atoms with Crippen molar-refractivity contribution in [1.29, 1.82) is 0 Å². The van der Waals surface area contributed by atoms with Crippen LogP contribution in [0.15, 0.2) is 53.4 Å². The average Bonchev–Trinajstić information content (AvgIpc) is 2.65. The summed E-state index contributed by atoms with van der Waals surface area (Å²) in [4.78, 5) is 24.7. The second kappa shape index (κ2) is 8.74. The van der Waals surface area contributed by atoms with E-state index in [0.717, 1.165) is 24.3 Å². The highest BCUT2D eigenvalue weighted by Gasteiger charge is 2.17. The lowest BCUT2D eigenvalue weighted by Crippen LogP contribution is -2.37. The van der Waals surface area contributed by atoms with Crippen molar-refractivity contribution in [3.05, 3.63) is 59.9 Å². The van der Waals surface area contributed by atoms with Crippen molar-refractivity contribution in [2.75, 3.05) is 25.1 Å². The third-order valence-electron chi connectivity index (χ3n) is 3.73. The Hall–Kier alpha value is -2.78. The van der Waals surface area contributed by atoms with Crippen molar-refractivity contribution in [2.45, 2.75) is 11.8 Å². The van der Waals surface area contributed by atoms with Crippen molar-refractivity contribution in [2.24, 2.45) is 0 Å². The van der Waals surface area contributed by atoms with Gasteiger partial charge in [0.1, 0.15) is 5.82 Å². The van der Waals surface area contributed by atoms with Crippen LogP contribution in [0.5, 0.6) is 0 Å². The monoisotopic (exact) mass is 394 g/mol. The topological polar surface area (TPSA) is 92.8 Å². The summed E-state index contributed by atoms with van der Waals surface area (Å²) in [6, 6.07) is 10.6. The first-order valence-corrected chi connectivity index (χ1v) is 9.44. The summed E-state index contributed by atoms with van der Waals surface area (Å²) in [7, 11) is -2.55. The molecular weight excluding hydrogens is 375 g/mol. The summed E-state index contributed by atoms with van der Waals surface area (Å²) in [5, 5.41) is 0. The van der Waals surface area contributed by atoms with Gasteiger partial charge in [-0.15, -0.1) is 0 Å². The molecule has 0 bridgehead atoms. The van der Waals surface area contributed by atoms with Crippen molar-refractivity contribution in [3.63, 3.8) is 0 Å². The van der Waals surface area contributed by atoms with Gasteiger partial charge >= 0.3 is 5.97 Å². The Morgan fingerprint density at radius 3 is 2.19 bits per heavy atom. The molecule has 1 amide bonds. The quantitative estimate of drug-likeness (QED) is 0.725. The van der Waals surface area contributed by atoms with E-state index in [2.05, 4.69) is 9.46 Å². The highest BCUT2D eigenvalue weighted by Crippen LogP contribution is 2.16. The van der Waals surface area contributed by atoms with Gasteiger partial charge in [0.25, 0.3) is 0 Å². The minimum absolute atomic E-state index is 0.0436. The van der Waals surface area contributed by atoms with E-state index in [9.17, 15) is 22.4 Å². The van der Waals surface area contributed by atoms with Crippen LogP contribution < -0.4 is 9.62 Å². The lowest BCUT2D eigenvalue weighted by atomic mass is 10.2. The number of hydrogen-bond donors (Lipinski definition) is 1. The number of carbonyl (C=O) groups excluding carboxylic acids is 2. The van der Waals surface area contributed by atoms with Gasteiger partial charge in [-0.25, -0.2) is 22.3 Å². The predicted molar refractivity (Wildman–Crippen MR) is 97.4 cm³/mol. The van der Waals surface area contributed by atoms with Crippen LogP contribution in [0.4, 0.5) is 10.1 Å². The molecule has 0 spiro atoms. The van der Waals surface area contributed by atoms with E-state index in [1.165, 1.54) is 31.1 Å². The molecule has 27 heavy (non-hydrogen) atoms. The molecule has 0 fully saturated rings. The number of methoxy groups -OCH3 is 1. The standard InChI is InChI=1S/C18H19FN2O5S/c1-13(22)21(16-7-3-14(4-8-16)18(23)26-2)12-11-20-27(24,25)17-9-5-15(19)6-10-17/h3-10,20H,11-12H2,1-2H3. The molecule has 144 valence electrons. The molecule has 0 atom stereocenters. The van der Waals surface area contributed by atoms with Gasteiger partial charge in [-0.05, 0) is 48.5 Å². The summed E-state index contributed by atoms with van der Waals surface area (Å²) < 4.78 is 44.3. The minimum Gasteiger partial charge on any atom is -0.465 e. The molecule has 9 heteroatoms. The molecule has 0 saturated carbocycles. The van der Waals surface area contributed by atoms with Gasteiger partial charge in [0, 0.05) is 25.7 Å². The molecule has 0 aromatic heterocycles. The van der Waals surface area contributed by atoms with Crippen molar-refractivity contribution >= 4 is 27.6 Å². The molecule has 1 N–H and O–H groups in total. The van der Waals surface area contributed by atoms with Crippen LogP contribution in [-0.4, -0.2) is 40.5 Å². The van der Waals surface area contributed by atoms with Gasteiger partial charge in [-0.2, -0.15) is 0 Å². The molecule has 0 radical (unpaired) electrons. The number of nitrogens with one attached hydrogen (secondary N) is 1. The maximum absolute atomic E-state index is 12.9. The molecule has 0 saturated heterocycles. The maximum Gasteiger partial charge on any atom is 0.337 e. The summed E-state index contributed by atoms with van der Waals surface area (Å²) >= 11 is 0. The highest BCUT2D eigenvalue weighted by atomic mass is 32.2. The van der Waals surface area contributed by atoms with E-state index in [4.69, 9.17) is 0 Å². The zero-order chi connectivity index (χ0) is 20.0. The number of carbonyl (C=O) groups is 2. The molecule has 2 aromatic rings. The van der Waals surface area contributed by atoms with Crippen LogP contribution in [0, 0.1) is 5.82 Å². The number of anilines is 1. The van der Waals surface area contributed by atoms with E-state index in [0.29, 0.717) is 11.3 Å². The van der Waals surface area contributed by atoms with Crippen LogP contribution in [0.25, 0.3) is 0 Å². The Kier molecular flexibility index (Phi) is 6.65. The fourth-order valence-corrected chi connectivity index (χ4v) is 3.37. The van der Waals surface area contributed by atoms with Crippen molar-refractivity contribution < 1.29 is 27.1 Å². The summed E-state index contributed by atoms with van der Waals surface area (Å²) in [5.41, 5.74) is 0.845. The summed E-state index contributed by atoms with van der Waals surface area (Å²) in [5.74, 6) is -1.32. The van der Waals surface area contributed by atoms with Crippen LogP contribution in [0.2, 0.25) is 0 Å². The largest absolute Gasteiger partial charge is 0.465 e. The maximum atomic E-state index is 12.9. The number of sulfonamides is 1. The lowest BCUT2D eigenvalue weighted by Gasteiger charge is -2.21.